The van der Waals surface area contributed by atoms with E-state index in [1.807, 2.05) is 17.5 Å². The van der Waals surface area contributed by atoms with Crippen molar-refractivity contribution in [1.82, 2.24) is 13.9 Å². The van der Waals surface area contributed by atoms with Crippen LogP contribution in [0.1, 0.15) is 4.88 Å². The van der Waals surface area contributed by atoms with Gasteiger partial charge in [-0.25, -0.2) is 13.4 Å². The molecule has 0 spiro atoms. The topological polar surface area (TPSA) is 55.2 Å². The van der Waals surface area contributed by atoms with Crippen molar-refractivity contribution < 1.29 is 8.42 Å². The number of halogens is 1. The molecule has 98 valence electrons. The Bertz CT molecular complexity index is 634. The summed E-state index contributed by atoms with van der Waals surface area (Å²) in [6, 6.07) is 3.77. The van der Waals surface area contributed by atoms with E-state index < -0.39 is 10.0 Å². The van der Waals surface area contributed by atoms with E-state index in [1.165, 1.54) is 33.6 Å². The van der Waals surface area contributed by atoms with Gasteiger partial charge in [-0.05, 0) is 11.4 Å². The Morgan fingerprint density at radius 2 is 2.28 bits per heavy atom. The summed E-state index contributed by atoms with van der Waals surface area (Å²) in [6.07, 6.45) is 1.38. The monoisotopic (exact) mass is 305 g/mol. The van der Waals surface area contributed by atoms with Crippen molar-refractivity contribution in [2.24, 2.45) is 7.05 Å². The van der Waals surface area contributed by atoms with Crippen molar-refractivity contribution in [3.63, 3.8) is 0 Å². The fourth-order valence-electron chi connectivity index (χ4n) is 1.42. The lowest BCUT2D eigenvalue weighted by atomic mass is 10.5. The molecule has 0 amide bonds. The normalized spacial score (nSPS) is 12.2. The molecule has 18 heavy (non-hydrogen) atoms. The summed E-state index contributed by atoms with van der Waals surface area (Å²) in [5, 5.41) is 1.92. The number of imidazole rings is 1. The molecule has 0 aliphatic carbocycles. The second-order valence-electron chi connectivity index (χ2n) is 3.79. The summed E-state index contributed by atoms with van der Waals surface area (Å²) < 4.78 is 27.2. The summed E-state index contributed by atoms with van der Waals surface area (Å²) in [6.45, 7) is 0.312. The molecular weight excluding hydrogens is 294 g/mol. The molecule has 2 rings (SSSR count). The lowest BCUT2D eigenvalue weighted by Crippen LogP contribution is -2.26. The largest absolute Gasteiger partial charge is 0.324 e. The van der Waals surface area contributed by atoms with Crippen LogP contribution in [0.5, 0.6) is 0 Å². The smallest absolute Gasteiger partial charge is 0.263 e. The summed E-state index contributed by atoms with van der Waals surface area (Å²) >= 11 is 7.42. The van der Waals surface area contributed by atoms with E-state index in [1.54, 1.807) is 7.05 Å². The molecule has 0 saturated heterocycles. The predicted octanol–water partition coefficient (Wildman–Crippen LogP) is 1.96. The third-order valence-corrected chi connectivity index (χ3v) is 5.60. The van der Waals surface area contributed by atoms with Crippen LogP contribution in [0.4, 0.5) is 0 Å². The van der Waals surface area contributed by atoms with E-state index >= 15 is 0 Å². The molecule has 0 aliphatic rings. The molecule has 2 aromatic rings. The van der Waals surface area contributed by atoms with Crippen LogP contribution < -0.4 is 0 Å². The third-order valence-electron chi connectivity index (χ3n) is 2.45. The summed E-state index contributed by atoms with van der Waals surface area (Å²) in [5.74, 6) is 0. The molecule has 0 aliphatic heterocycles. The maximum absolute atomic E-state index is 12.3. The number of rotatable bonds is 4. The van der Waals surface area contributed by atoms with Crippen LogP contribution in [0.15, 0.2) is 28.9 Å². The molecular formula is C10H12ClN3O2S2. The molecule has 2 heterocycles. The standard InChI is InChI=1S/C10H12ClN3O2S2/c1-13-7-12-10(9(13)11)18(15,16)14(2)6-8-4-3-5-17-8/h3-5,7H,6H2,1-2H3. The van der Waals surface area contributed by atoms with Crippen molar-refractivity contribution in [3.05, 3.63) is 33.9 Å². The highest BCUT2D eigenvalue weighted by atomic mass is 35.5. The molecule has 8 heteroatoms. The Morgan fingerprint density at radius 1 is 1.56 bits per heavy atom. The van der Waals surface area contributed by atoms with E-state index in [-0.39, 0.29) is 10.2 Å². The first-order valence-electron chi connectivity index (χ1n) is 5.08. The van der Waals surface area contributed by atoms with Gasteiger partial charge in [-0.1, -0.05) is 17.7 Å². The lowest BCUT2D eigenvalue weighted by Gasteiger charge is -2.14. The van der Waals surface area contributed by atoms with Gasteiger partial charge in [0.25, 0.3) is 10.0 Å². The fraction of sp³-hybridized carbons (Fsp3) is 0.300. The molecule has 2 aromatic heterocycles. The van der Waals surface area contributed by atoms with Gasteiger partial charge in [-0.15, -0.1) is 11.3 Å². The second kappa shape index (κ2) is 5.00. The van der Waals surface area contributed by atoms with Crippen molar-refractivity contribution in [3.8, 4) is 0 Å². The van der Waals surface area contributed by atoms with Gasteiger partial charge >= 0.3 is 0 Å². The minimum atomic E-state index is -3.65. The Hall–Kier alpha value is -0.890. The second-order valence-corrected chi connectivity index (χ2v) is 7.14. The zero-order valence-corrected chi connectivity index (χ0v) is 12.3. The molecule has 0 aromatic carbocycles. The summed E-state index contributed by atoms with van der Waals surface area (Å²) in [4.78, 5) is 4.81. The summed E-state index contributed by atoms with van der Waals surface area (Å²) in [7, 11) is -0.488. The van der Waals surface area contributed by atoms with E-state index in [9.17, 15) is 8.42 Å². The average molecular weight is 306 g/mol. The molecule has 0 atom stereocenters. The van der Waals surface area contributed by atoms with Crippen LogP contribution in [-0.4, -0.2) is 29.3 Å². The highest BCUT2D eigenvalue weighted by Crippen LogP contribution is 2.23. The SMILES string of the molecule is CN(Cc1cccs1)S(=O)(=O)c1ncn(C)c1Cl. The predicted molar refractivity (Wildman–Crippen MR) is 71.2 cm³/mol. The van der Waals surface area contributed by atoms with Crippen molar-refractivity contribution in [2.75, 3.05) is 7.05 Å². The lowest BCUT2D eigenvalue weighted by molar-refractivity contribution is 0.467. The number of hydrogen-bond donors (Lipinski definition) is 0. The first-order valence-corrected chi connectivity index (χ1v) is 7.78. The highest BCUT2D eigenvalue weighted by molar-refractivity contribution is 7.89. The number of aromatic nitrogens is 2. The van der Waals surface area contributed by atoms with Gasteiger partial charge in [-0.2, -0.15) is 4.31 Å². The van der Waals surface area contributed by atoms with Gasteiger partial charge in [0.15, 0.2) is 0 Å². The molecule has 0 N–H and O–H groups in total. The highest BCUT2D eigenvalue weighted by Gasteiger charge is 2.27. The Morgan fingerprint density at radius 3 is 2.78 bits per heavy atom. The zero-order chi connectivity index (χ0) is 13.3. The van der Waals surface area contributed by atoms with Gasteiger partial charge in [0.2, 0.25) is 5.03 Å². The first-order chi connectivity index (χ1) is 8.43. The third kappa shape index (κ3) is 2.44. The van der Waals surface area contributed by atoms with E-state index in [2.05, 4.69) is 4.98 Å². The molecule has 5 nitrogen and oxygen atoms in total. The first kappa shape index (κ1) is 13.5. The quantitative estimate of drug-likeness (QED) is 0.867. The maximum atomic E-state index is 12.3. The minimum absolute atomic E-state index is 0.106. The number of nitrogens with zero attached hydrogens (tertiary/aromatic N) is 3. The summed E-state index contributed by atoms with van der Waals surface area (Å²) in [5.41, 5.74) is 0. The minimum Gasteiger partial charge on any atom is -0.324 e. The number of hydrogen-bond acceptors (Lipinski definition) is 4. The number of sulfonamides is 1. The van der Waals surface area contributed by atoms with Crippen LogP contribution >= 0.6 is 22.9 Å². The number of thiophene rings is 1. The van der Waals surface area contributed by atoms with Crippen molar-refractivity contribution in [2.45, 2.75) is 11.6 Å². The van der Waals surface area contributed by atoms with Gasteiger partial charge in [0.05, 0.1) is 6.33 Å². The van der Waals surface area contributed by atoms with Crippen molar-refractivity contribution >= 4 is 33.0 Å². The molecule has 0 saturated carbocycles. The molecule has 0 radical (unpaired) electrons. The van der Waals surface area contributed by atoms with Crippen LogP contribution in [0, 0.1) is 0 Å². The van der Waals surface area contributed by atoms with E-state index in [0.717, 1.165) is 4.88 Å². The molecule has 0 fully saturated rings. The van der Waals surface area contributed by atoms with Gasteiger partial charge in [-0.3, -0.25) is 0 Å². The zero-order valence-electron chi connectivity index (χ0n) is 9.87. The van der Waals surface area contributed by atoms with E-state index in [0.29, 0.717) is 6.54 Å². The van der Waals surface area contributed by atoms with Crippen LogP contribution in [0.2, 0.25) is 5.15 Å². The van der Waals surface area contributed by atoms with Crippen LogP contribution in [0.3, 0.4) is 0 Å². The van der Waals surface area contributed by atoms with Crippen molar-refractivity contribution in [1.29, 1.82) is 0 Å². The van der Waals surface area contributed by atoms with E-state index in [4.69, 9.17) is 11.6 Å². The Balaban J connectivity index is 2.28. The van der Waals surface area contributed by atoms with Gasteiger partial charge < -0.3 is 4.57 Å². The Kier molecular flexibility index (Phi) is 3.76. The molecule has 0 unspecified atom stereocenters. The van der Waals surface area contributed by atoms with Gasteiger partial charge in [0.1, 0.15) is 5.15 Å². The fourth-order valence-corrected chi connectivity index (χ4v) is 3.79. The van der Waals surface area contributed by atoms with Gasteiger partial charge in [0, 0.05) is 25.5 Å². The van der Waals surface area contributed by atoms with Crippen LogP contribution in [0.25, 0.3) is 0 Å². The maximum Gasteiger partial charge on any atom is 0.263 e. The molecule has 0 bridgehead atoms. The number of aryl methyl sites for hydroxylation is 1. The van der Waals surface area contributed by atoms with Crippen LogP contribution in [-0.2, 0) is 23.6 Å². The Labute approximate surface area is 115 Å². The average Bonchev–Trinajstić information content (AvgIpc) is 2.91.